The summed E-state index contributed by atoms with van der Waals surface area (Å²) in [5.74, 6) is 0.526. The molecule has 2 amide bonds. The van der Waals surface area contributed by atoms with E-state index in [9.17, 15) is 14.4 Å². The fourth-order valence-electron chi connectivity index (χ4n) is 3.98. The lowest BCUT2D eigenvalue weighted by Crippen LogP contribution is -2.30. The molecule has 4 aromatic carbocycles. The highest BCUT2D eigenvalue weighted by Crippen LogP contribution is 2.35. The SMILES string of the molecule is COc1cc(OC)c(OC)cc1/C=C(\NC(=O)c1ccccc1)C(=O)Nc1cccc(SCC(=O)c2ccccc2)c1. The molecule has 9 heteroatoms. The number of thioether (sulfide) groups is 1. The van der Waals surface area contributed by atoms with E-state index in [0.717, 1.165) is 4.90 Å². The Bertz CT molecular complexity index is 1590. The average Bonchev–Trinajstić information content (AvgIpc) is 3.03. The highest BCUT2D eigenvalue weighted by atomic mass is 32.2. The van der Waals surface area contributed by atoms with Gasteiger partial charge in [-0.3, -0.25) is 14.4 Å². The summed E-state index contributed by atoms with van der Waals surface area (Å²) in [4.78, 5) is 40.0. The zero-order chi connectivity index (χ0) is 29.9. The Labute approximate surface area is 248 Å². The van der Waals surface area contributed by atoms with Crippen LogP contribution in [0.1, 0.15) is 26.3 Å². The van der Waals surface area contributed by atoms with E-state index in [1.54, 1.807) is 72.8 Å². The quantitative estimate of drug-likeness (QED) is 0.118. The van der Waals surface area contributed by atoms with Gasteiger partial charge in [0.05, 0.1) is 27.1 Å². The maximum atomic E-state index is 13.6. The number of nitrogens with one attached hydrogen (secondary N) is 2. The first-order chi connectivity index (χ1) is 20.4. The van der Waals surface area contributed by atoms with E-state index in [0.29, 0.717) is 39.6 Å². The second-order valence-corrected chi connectivity index (χ2v) is 9.94. The number of rotatable bonds is 12. The molecule has 0 heterocycles. The summed E-state index contributed by atoms with van der Waals surface area (Å²) < 4.78 is 16.3. The lowest BCUT2D eigenvalue weighted by Gasteiger charge is -2.15. The molecule has 0 fully saturated rings. The molecule has 0 spiro atoms. The summed E-state index contributed by atoms with van der Waals surface area (Å²) >= 11 is 1.37. The third kappa shape index (κ3) is 7.80. The van der Waals surface area contributed by atoms with Crippen LogP contribution in [0.5, 0.6) is 17.2 Å². The maximum Gasteiger partial charge on any atom is 0.272 e. The Morgan fingerprint density at radius 2 is 1.33 bits per heavy atom. The summed E-state index contributed by atoms with van der Waals surface area (Å²) in [6.07, 6.45) is 1.51. The van der Waals surface area contributed by atoms with Crippen LogP contribution in [-0.4, -0.2) is 44.7 Å². The van der Waals surface area contributed by atoms with Gasteiger partial charge in [-0.15, -0.1) is 11.8 Å². The van der Waals surface area contributed by atoms with Gasteiger partial charge in [0.1, 0.15) is 11.4 Å². The first-order valence-corrected chi connectivity index (χ1v) is 13.9. The topological polar surface area (TPSA) is 103 Å². The van der Waals surface area contributed by atoms with Crippen LogP contribution in [0.15, 0.2) is 108 Å². The molecule has 0 radical (unpaired) electrons. The average molecular weight is 583 g/mol. The number of carbonyl (C=O) groups excluding carboxylic acids is 3. The fourth-order valence-corrected chi connectivity index (χ4v) is 4.83. The van der Waals surface area contributed by atoms with Crippen molar-refractivity contribution in [3.05, 3.63) is 119 Å². The highest BCUT2D eigenvalue weighted by molar-refractivity contribution is 8.00. The second kappa shape index (κ2) is 14.6. The third-order valence-corrected chi connectivity index (χ3v) is 7.12. The van der Waals surface area contributed by atoms with Crippen molar-refractivity contribution in [3.63, 3.8) is 0 Å². The molecule has 8 nitrogen and oxygen atoms in total. The van der Waals surface area contributed by atoms with Crippen molar-refractivity contribution >= 4 is 41.1 Å². The van der Waals surface area contributed by atoms with Crippen LogP contribution in [0.4, 0.5) is 5.69 Å². The minimum atomic E-state index is -0.557. The molecule has 0 aliphatic carbocycles. The van der Waals surface area contributed by atoms with E-state index in [1.165, 1.54) is 39.2 Å². The minimum Gasteiger partial charge on any atom is -0.496 e. The van der Waals surface area contributed by atoms with Gasteiger partial charge in [0.15, 0.2) is 17.3 Å². The van der Waals surface area contributed by atoms with Crippen LogP contribution < -0.4 is 24.8 Å². The van der Waals surface area contributed by atoms with Crippen LogP contribution in [0.3, 0.4) is 0 Å². The zero-order valence-corrected chi connectivity index (χ0v) is 24.2. The van der Waals surface area contributed by atoms with Crippen molar-refractivity contribution in [3.8, 4) is 17.2 Å². The van der Waals surface area contributed by atoms with Gasteiger partial charge in [0, 0.05) is 33.3 Å². The minimum absolute atomic E-state index is 0.00718. The number of methoxy groups -OCH3 is 3. The molecule has 0 aromatic heterocycles. The number of carbonyl (C=O) groups is 3. The number of amides is 2. The molecule has 0 bridgehead atoms. The van der Waals surface area contributed by atoms with Gasteiger partial charge in [-0.05, 0) is 42.5 Å². The van der Waals surface area contributed by atoms with Crippen LogP contribution in [0, 0.1) is 0 Å². The molecule has 2 N–H and O–H groups in total. The predicted molar refractivity (Wildman–Crippen MR) is 165 cm³/mol. The molecule has 4 rings (SSSR count). The Balaban J connectivity index is 1.60. The smallest absolute Gasteiger partial charge is 0.272 e. The van der Waals surface area contributed by atoms with Crippen molar-refractivity contribution in [1.82, 2.24) is 5.32 Å². The number of Topliss-reactive ketones (excluding diaryl/α,β-unsaturated/α-hetero) is 1. The number of ether oxygens (including phenoxy) is 3. The molecule has 0 aliphatic heterocycles. The van der Waals surface area contributed by atoms with Crippen molar-refractivity contribution in [1.29, 1.82) is 0 Å². The van der Waals surface area contributed by atoms with Gasteiger partial charge in [-0.2, -0.15) is 0 Å². The van der Waals surface area contributed by atoms with E-state index < -0.39 is 11.8 Å². The molecular formula is C33H30N2O6S. The summed E-state index contributed by atoms with van der Waals surface area (Å²) in [7, 11) is 4.50. The van der Waals surface area contributed by atoms with Gasteiger partial charge >= 0.3 is 0 Å². The summed E-state index contributed by atoms with van der Waals surface area (Å²) in [5.41, 5.74) is 1.99. The first-order valence-electron chi connectivity index (χ1n) is 12.9. The number of anilines is 1. The molecule has 0 aliphatic rings. The second-order valence-electron chi connectivity index (χ2n) is 8.89. The summed E-state index contributed by atoms with van der Waals surface area (Å²) in [5, 5.41) is 5.58. The monoisotopic (exact) mass is 582 g/mol. The van der Waals surface area contributed by atoms with Crippen LogP contribution in [0.25, 0.3) is 6.08 Å². The molecule has 0 unspecified atom stereocenters. The van der Waals surface area contributed by atoms with E-state index in [4.69, 9.17) is 14.2 Å². The van der Waals surface area contributed by atoms with Crippen LogP contribution >= 0.6 is 11.8 Å². The number of ketones is 1. The third-order valence-electron chi connectivity index (χ3n) is 6.12. The molecule has 0 saturated heterocycles. The summed E-state index contributed by atoms with van der Waals surface area (Å²) in [6, 6.07) is 28.1. The van der Waals surface area contributed by atoms with Crippen molar-refractivity contribution in [2.45, 2.75) is 4.90 Å². The van der Waals surface area contributed by atoms with E-state index >= 15 is 0 Å². The Morgan fingerprint density at radius 3 is 1.98 bits per heavy atom. The zero-order valence-electron chi connectivity index (χ0n) is 23.4. The van der Waals surface area contributed by atoms with Gasteiger partial charge in [0.2, 0.25) is 0 Å². The maximum absolute atomic E-state index is 13.6. The van der Waals surface area contributed by atoms with Gasteiger partial charge in [0.25, 0.3) is 11.8 Å². The van der Waals surface area contributed by atoms with Gasteiger partial charge < -0.3 is 24.8 Å². The highest BCUT2D eigenvalue weighted by Gasteiger charge is 2.18. The molecular weight excluding hydrogens is 552 g/mol. The van der Waals surface area contributed by atoms with Crippen molar-refractivity contribution in [2.24, 2.45) is 0 Å². The van der Waals surface area contributed by atoms with Crippen LogP contribution in [-0.2, 0) is 4.79 Å². The van der Waals surface area contributed by atoms with Crippen LogP contribution in [0.2, 0.25) is 0 Å². The van der Waals surface area contributed by atoms with E-state index in [2.05, 4.69) is 10.6 Å². The lowest BCUT2D eigenvalue weighted by atomic mass is 10.1. The molecule has 214 valence electrons. The standard InChI is InChI=1S/C33H30N2O6S/c1-39-29-20-31(41-3)30(40-2)18-24(29)17-27(35-32(37)23-13-8-5-9-14-23)33(38)34-25-15-10-16-26(19-25)42-21-28(36)22-11-6-4-7-12-22/h4-20H,21H2,1-3H3,(H,34,38)(H,35,37)/b27-17-. The van der Waals surface area contributed by atoms with Crippen molar-refractivity contribution in [2.75, 3.05) is 32.4 Å². The Hall–Kier alpha value is -5.02. The number of benzene rings is 4. The molecule has 42 heavy (non-hydrogen) atoms. The lowest BCUT2D eigenvalue weighted by molar-refractivity contribution is -0.113. The van der Waals surface area contributed by atoms with E-state index in [1.807, 2.05) is 24.3 Å². The predicted octanol–water partition coefficient (Wildman–Crippen LogP) is 6.10. The molecule has 4 aromatic rings. The first kappa shape index (κ1) is 30.0. The Kier molecular flexibility index (Phi) is 10.4. The number of hydrogen-bond acceptors (Lipinski definition) is 7. The van der Waals surface area contributed by atoms with Gasteiger partial charge in [-0.25, -0.2) is 0 Å². The normalized spacial score (nSPS) is 10.9. The summed E-state index contributed by atoms with van der Waals surface area (Å²) in [6.45, 7) is 0. The van der Waals surface area contributed by atoms with E-state index in [-0.39, 0.29) is 17.2 Å². The Morgan fingerprint density at radius 1 is 0.714 bits per heavy atom. The number of hydrogen-bond donors (Lipinski definition) is 2. The molecule has 0 atom stereocenters. The molecule has 0 saturated carbocycles. The van der Waals surface area contributed by atoms with Crippen molar-refractivity contribution < 1.29 is 28.6 Å². The largest absolute Gasteiger partial charge is 0.496 e. The van der Waals surface area contributed by atoms with Gasteiger partial charge in [-0.1, -0.05) is 54.6 Å². The fraction of sp³-hybridized carbons (Fsp3) is 0.121.